The van der Waals surface area contributed by atoms with Crippen LogP contribution in [0.3, 0.4) is 0 Å². The molecule has 2 heteroatoms. The lowest BCUT2D eigenvalue weighted by atomic mass is 10.1. The Labute approximate surface area is 70.9 Å². The molecule has 0 spiro atoms. The normalized spacial score (nSPS) is 17.2. The van der Waals surface area contributed by atoms with Crippen molar-refractivity contribution in [3.05, 3.63) is 47.9 Å². The Hall–Kier alpha value is -1.70. The predicted molar refractivity (Wildman–Crippen MR) is 49.8 cm³/mol. The highest BCUT2D eigenvalue weighted by molar-refractivity contribution is 5.74. The SMILES string of the molecule is OC=C1C=Cc2ccccc2N1. The molecular formula is C10H9NO. The molecule has 1 heterocycles. The van der Waals surface area contributed by atoms with Crippen LogP contribution < -0.4 is 5.32 Å². The summed E-state index contributed by atoms with van der Waals surface area (Å²) in [5, 5.41) is 11.8. The summed E-state index contributed by atoms with van der Waals surface area (Å²) in [5.74, 6) is 0. The Morgan fingerprint density at radius 3 is 2.83 bits per heavy atom. The van der Waals surface area contributed by atoms with Gasteiger partial charge in [-0.3, -0.25) is 0 Å². The molecule has 1 aromatic rings. The maximum absolute atomic E-state index is 8.74. The van der Waals surface area contributed by atoms with Crippen molar-refractivity contribution in [3.63, 3.8) is 0 Å². The molecule has 2 rings (SSSR count). The van der Waals surface area contributed by atoms with E-state index in [-0.39, 0.29) is 0 Å². The van der Waals surface area contributed by atoms with E-state index in [1.54, 1.807) is 0 Å². The molecule has 0 saturated heterocycles. The minimum atomic E-state index is 0.716. The molecule has 0 radical (unpaired) electrons. The van der Waals surface area contributed by atoms with E-state index in [0.29, 0.717) is 5.70 Å². The first-order valence-corrected chi connectivity index (χ1v) is 3.78. The van der Waals surface area contributed by atoms with E-state index in [1.165, 1.54) is 0 Å². The van der Waals surface area contributed by atoms with Gasteiger partial charge in [-0.1, -0.05) is 24.3 Å². The van der Waals surface area contributed by atoms with E-state index in [0.717, 1.165) is 17.5 Å². The van der Waals surface area contributed by atoms with E-state index in [1.807, 2.05) is 36.4 Å². The highest BCUT2D eigenvalue weighted by Gasteiger charge is 2.04. The van der Waals surface area contributed by atoms with Gasteiger partial charge in [0.25, 0.3) is 0 Å². The van der Waals surface area contributed by atoms with Crippen LogP contribution in [-0.4, -0.2) is 5.11 Å². The molecule has 1 aliphatic rings. The van der Waals surface area contributed by atoms with Crippen LogP contribution >= 0.6 is 0 Å². The molecule has 0 amide bonds. The molecule has 0 aliphatic carbocycles. The fraction of sp³-hybridized carbons (Fsp3) is 0. The van der Waals surface area contributed by atoms with Gasteiger partial charge >= 0.3 is 0 Å². The molecule has 0 unspecified atom stereocenters. The number of rotatable bonds is 0. The largest absolute Gasteiger partial charge is 0.513 e. The number of nitrogens with one attached hydrogen (secondary N) is 1. The van der Waals surface area contributed by atoms with Gasteiger partial charge in [0.05, 0.1) is 5.70 Å². The number of para-hydroxylation sites is 1. The molecule has 0 bridgehead atoms. The van der Waals surface area contributed by atoms with Crippen molar-refractivity contribution in [1.29, 1.82) is 0 Å². The van der Waals surface area contributed by atoms with Crippen molar-refractivity contribution in [3.8, 4) is 0 Å². The minimum absolute atomic E-state index is 0.716. The van der Waals surface area contributed by atoms with Gasteiger partial charge in [0.2, 0.25) is 0 Å². The second-order valence-electron chi connectivity index (χ2n) is 2.63. The second-order valence-corrected chi connectivity index (χ2v) is 2.63. The van der Waals surface area contributed by atoms with E-state index in [2.05, 4.69) is 5.32 Å². The van der Waals surface area contributed by atoms with Crippen molar-refractivity contribution >= 4 is 11.8 Å². The lowest BCUT2D eigenvalue weighted by Crippen LogP contribution is -2.02. The van der Waals surface area contributed by atoms with E-state index in [4.69, 9.17) is 5.11 Å². The Morgan fingerprint density at radius 1 is 1.17 bits per heavy atom. The zero-order valence-corrected chi connectivity index (χ0v) is 6.49. The third-order valence-electron chi connectivity index (χ3n) is 1.82. The Bertz CT molecular complexity index is 353. The first kappa shape index (κ1) is 6.98. The average Bonchev–Trinajstić information content (AvgIpc) is 2.17. The lowest BCUT2D eigenvalue weighted by molar-refractivity contribution is 0.469. The maximum atomic E-state index is 8.74. The van der Waals surface area contributed by atoms with E-state index >= 15 is 0 Å². The molecule has 2 nitrogen and oxygen atoms in total. The smallest absolute Gasteiger partial charge is 0.103 e. The summed E-state index contributed by atoms with van der Waals surface area (Å²) in [7, 11) is 0. The Morgan fingerprint density at radius 2 is 2.00 bits per heavy atom. The molecule has 12 heavy (non-hydrogen) atoms. The first-order valence-electron chi connectivity index (χ1n) is 3.78. The van der Waals surface area contributed by atoms with Crippen LogP contribution in [0.2, 0.25) is 0 Å². The van der Waals surface area contributed by atoms with Crippen molar-refractivity contribution in [2.24, 2.45) is 0 Å². The van der Waals surface area contributed by atoms with Crippen LogP contribution in [-0.2, 0) is 0 Å². The fourth-order valence-corrected chi connectivity index (χ4v) is 1.21. The number of benzene rings is 1. The number of fused-ring (bicyclic) bond motifs is 1. The summed E-state index contributed by atoms with van der Waals surface area (Å²) in [6.45, 7) is 0. The van der Waals surface area contributed by atoms with Gasteiger partial charge in [0.15, 0.2) is 0 Å². The molecular weight excluding hydrogens is 150 g/mol. The summed E-state index contributed by atoms with van der Waals surface area (Å²) in [6, 6.07) is 7.94. The second kappa shape index (κ2) is 2.74. The number of hydrogen-bond acceptors (Lipinski definition) is 2. The number of aliphatic hydroxyl groups is 1. The summed E-state index contributed by atoms with van der Waals surface area (Å²) in [5.41, 5.74) is 2.89. The number of anilines is 1. The third kappa shape index (κ3) is 1.07. The van der Waals surface area contributed by atoms with Crippen LogP contribution in [0.25, 0.3) is 6.08 Å². The molecule has 1 aromatic carbocycles. The zero-order chi connectivity index (χ0) is 8.39. The first-order chi connectivity index (χ1) is 5.90. The Balaban J connectivity index is 2.46. The summed E-state index contributed by atoms with van der Waals surface area (Å²) < 4.78 is 0. The van der Waals surface area contributed by atoms with Gasteiger partial charge in [-0.15, -0.1) is 0 Å². The molecule has 0 atom stereocenters. The predicted octanol–water partition coefficient (Wildman–Crippen LogP) is 2.52. The van der Waals surface area contributed by atoms with Gasteiger partial charge in [-0.05, 0) is 17.7 Å². The molecule has 0 fully saturated rings. The maximum Gasteiger partial charge on any atom is 0.103 e. The van der Waals surface area contributed by atoms with Crippen LogP contribution in [0, 0.1) is 0 Å². The van der Waals surface area contributed by atoms with E-state index in [9.17, 15) is 0 Å². The standard InChI is InChI=1S/C10H9NO/c12-7-9-6-5-8-3-1-2-4-10(8)11-9/h1-7,11-12H. The van der Waals surface area contributed by atoms with Crippen LogP contribution in [0.5, 0.6) is 0 Å². The van der Waals surface area contributed by atoms with Crippen LogP contribution in [0.15, 0.2) is 42.3 Å². The van der Waals surface area contributed by atoms with Gasteiger partial charge in [-0.25, -0.2) is 0 Å². The highest BCUT2D eigenvalue weighted by Crippen LogP contribution is 2.23. The van der Waals surface area contributed by atoms with E-state index < -0.39 is 0 Å². The minimum Gasteiger partial charge on any atom is -0.513 e. The van der Waals surface area contributed by atoms with Crippen molar-refractivity contribution in [2.75, 3.05) is 5.32 Å². The molecule has 0 saturated carbocycles. The zero-order valence-electron chi connectivity index (χ0n) is 6.49. The van der Waals surface area contributed by atoms with Gasteiger partial charge in [0, 0.05) is 5.69 Å². The highest BCUT2D eigenvalue weighted by atomic mass is 16.2. The number of hydrogen-bond donors (Lipinski definition) is 2. The van der Waals surface area contributed by atoms with Crippen LogP contribution in [0.4, 0.5) is 5.69 Å². The summed E-state index contributed by atoms with van der Waals surface area (Å²) in [6.07, 6.45) is 4.86. The van der Waals surface area contributed by atoms with Crippen molar-refractivity contribution in [1.82, 2.24) is 0 Å². The fourth-order valence-electron chi connectivity index (χ4n) is 1.21. The number of allylic oxidation sites excluding steroid dienone is 1. The summed E-state index contributed by atoms with van der Waals surface area (Å²) in [4.78, 5) is 0. The topological polar surface area (TPSA) is 32.3 Å². The average molecular weight is 159 g/mol. The molecule has 0 aromatic heterocycles. The van der Waals surface area contributed by atoms with Crippen molar-refractivity contribution in [2.45, 2.75) is 0 Å². The monoisotopic (exact) mass is 159 g/mol. The lowest BCUT2D eigenvalue weighted by Gasteiger charge is -2.13. The Kier molecular flexibility index (Phi) is 1.59. The quantitative estimate of drug-likeness (QED) is 0.570. The summed E-state index contributed by atoms with van der Waals surface area (Å²) >= 11 is 0. The number of aliphatic hydroxyl groups excluding tert-OH is 1. The molecule has 60 valence electrons. The van der Waals surface area contributed by atoms with Gasteiger partial charge in [0.1, 0.15) is 6.26 Å². The van der Waals surface area contributed by atoms with Crippen molar-refractivity contribution < 1.29 is 5.11 Å². The molecule has 1 aliphatic heterocycles. The van der Waals surface area contributed by atoms with Gasteiger partial charge in [-0.2, -0.15) is 0 Å². The van der Waals surface area contributed by atoms with Gasteiger partial charge < -0.3 is 10.4 Å². The van der Waals surface area contributed by atoms with Crippen LogP contribution in [0.1, 0.15) is 5.56 Å². The molecule has 2 N–H and O–H groups in total. The third-order valence-corrected chi connectivity index (χ3v) is 1.82.